The van der Waals surface area contributed by atoms with Crippen LogP contribution in [0.4, 0.5) is 0 Å². The van der Waals surface area contributed by atoms with Crippen molar-refractivity contribution in [3.05, 3.63) is 29.8 Å². The number of nitrogens with zero attached hydrogens (tertiary/aromatic N) is 2. The van der Waals surface area contributed by atoms with Gasteiger partial charge in [-0.25, -0.2) is 8.42 Å². The third kappa shape index (κ3) is 3.35. The number of rotatable bonds is 4. The van der Waals surface area contributed by atoms with Crippen molar-refractivity contribution >= 4 is 9.84 Å². The van der Waals surface area contributed by atoms with Crippen LogP contribution in [0.1, 0.15) is 5.56 Å². The summed E-state index contributed by atoms with van der Waals surface area (Å²) in [4.78, 5) is 1.83. The second-order valence-corrected chi connectivity index (χ2v) is 6.96. The standard InChI is InChI=1S/C13H16N2O4S/c14-7-10-2-1-3-11(6-10)20(18,19)5-4-15-8-12(16)13(17)9-15/h1-3,6,12-13,16-17H,4-5,8-9H2/t12-,13+. The van der Waals surface area contributed by atoms with Crippen LogP contribution in [0.25, 0.3) is 0 Å². The quantitative estimate of drug-likeness (QED) is 0.767. The summed E-state index contributed by atoms with van der Waals surface area (Å²) in [6.07, 6.45) is -1.64. The highest BCUT2D eigenvalue weighted by molar-refractivity contribution is 7.91. The van der Waals surface area contributed by atoms with Gasteiger partial charge in [-0.15, -0.1) is 0 Å². The molecule has 2 atom stereocenters. The molecule has 0 unspecified atom stereocenters. The highest BCUT2D eigenvalue weighted by Gasteiger charge is 2.30. The molecule has 1 aromatic rings. The predicted octanol–water partition coefficient (Wildman–Crippen LogP) is -0.631. The van der Waals surface area contributed by atoms with Gasteiger partial charge in [0.25, 0.3) is 0 Å². The van der Waals surface area contributed by atoms with Crippen LogP contribution < -0.4 is 0 Å². The Labute approximate surface area is 117 Å². The van der Waals surface area contributed by atoms with Gasteiger partial charge in [0, 0.05) is 19.6 Å². The van der Waals surface area contributed by atoms with Crippen LogP contribution in [0.2, 0.25) is 0 Å². The number of hydrogen-bond donors (Lipinski definition) is 2. The monoisotopic (exact) mass is 296 g/mol. The molecule has 0 bridgehead atoms. The maximum absolute atomic E-state index is 12.2. The molecule has 0 aromatic heterocycles. The van der Waals surface area contributed by atoms with E-state index in [1.807, 2.05) is 6.07 Å². The molecule has 2 N–H and O–H groups in total. The van der Waals surface area contributed by atoms with E-state index in [1.54, 1.807) is 11.0 Å². The minimum atomic E-state index is -3.47. The third-order valence-corrected chi connectivity index (χ3v) is 5.03. The van der Waals surface area contributed by atoms with E-state index in [1.165, 1.54) is 18.2 Å². The molecular weight excluding hydrogens is 280 g/mol. The fraction of sp³-hybridized carbons (Fsp3) is 0.462. The van der Waals surface area contributed by atoms with Crippen LogP contribution in [0, 0.1) is 11.3 Å². The van der Waals surface area contributed by atoms with E-state index in [-0.39, 0.29) is 30.3 Å². The Morgan fingerprint density at radius 1 is 1.30 bits per heavy atom. The van der Waals surface area contributed by atoms with Crippen LogP contribution >= 0.6 is 0 Å². The van der Waals surface area contributed by atoms with Crippen LogP contribution in [0.5, 0.6) is 0 Å². The van der Waals surface area contributed by atoms with Crippen molar-refractivity contribution < 1.29 is 18.6 Å². The van der Waals surface area contributed by atoms with Crippen molar-refractivity contribution in [3.8, 4) is 6.07 Å². The maximum Gasteiger partial charge on any atom is 0.179 e. The van der Waals surface area contributed by atoms with E-state index < -0.39 is 22.0 Å². The largest absolute Gasteiger partial charge is 0.389 e. The number of sulfone groups is 1. The van der Waals surface area contributed by atoms with Gasteiger partial charge in [0.15, 0.2) is 9.84 Å². The molecule has 7 heteroatoms. The van der Waals surface area contributed by atoms with Crippen LogP contribution in [0.15, 0.2) is 29.2 Å². The first kappa shape index (κ1) is 14.9. The topological polar surface area (TPSA) is 102 Å². The number of aliphatic hydroxyl groups excluding tert-OH is 2. The Hall–Kier alpha value is -1.46. The van der Waals surface area contributed by atoms with Crippen molar-refractivity contribution in [2.75, 3.05) is 25.4 Å². The summed E-state index contributed by atoms with van der Waals surface area (Å²) in [6, 6.07) is 7.80. The Balaban J connectivity index is 2.03. The minimum Gasteiger partial charge on any atom is -0.389 e. The van der Waals surface area contributed by atoms with Crippen LogP contribution in [-0.4, -0.2) is 61.1 Å². The van der Waals surface area contributed by atoms with Gasteiger partial charge in [0.2, 0.25) is 0 Å². The molecule has 0 amide bonds. The van der Waals surface area contributed by atoms with Crippen LogP contribution in [-0.2, 0) is 9.84 Å². The number of β-amino-alcohol motifs (C(OH)–C–C–N with tert-alkyl or cyclic N) is 2. The van der Waals surface area contributed by atoms with Crippen LogP contribution in [0.3, 0.4) is 0 Å². The van der Waals surface area contributed by atoms with Gasteiger partial charge in [-0.2, -0.15) is 5.26 Å². The van der Waals surface area contributed by atoms with E-state index in [0.717, 1.165) is 0 Å². The molecule has 20 heavy (non-hydrogen) atoms. The van der Waals surface area contributed by atoms with Gasteiger partial charge in [-0.05, 0) is 18.2 Å². The molecule has 1 aromatic carbocycles. The first-order valence-corrected chi connectivity index (χ1v) is 7.89. The summed E-state index contributed by atoms with van der Waals surface area (Å²) in [5.41, 5.74) is 0.304. The van der Waals surface area contributed by atoms with Gasteiger partial charge in [0.1, 0.15) is 0 Å². The van der Waals surface area contributed by atoms with Crippen molar-refractivity contribution in [2.45, 2.75) is 17.1 Å². The lowest BCUT2D eigenvalue weighted by atomic mass is 10.2. The molecule has 0 aliphatic carbocycles. The normalized spacial score (nSPS) is 23.6. The molecule has 0 spiro atoms. The van der Waals surface area contributed by atoms with Crippen molar-refractivity contribution in [1.29, 1.82) is 5.26 Å². The van der Waals surface area contributed by atoms with E-state index >= 15 is 0 Å². The molecule has 6 nitrogen and oxygen atoms in total. The summed E-state index contributed by atoms with van der Waals surface area (Å²) in [6.45, 7) is 0.789. The smallest absolute Gasteiger partial charge is 0.179 e. The Bertz CT molecular complexity index is 614. The molecule has 0 radical (unpaired) electrons. The molecule has 2 rings (SSSR count). The first-order chi connectivity index (χ1) is 9.42. The van der Waals surface area contributed by atoms with Crippen molar-refractivity contribution in [1.82, 2.24) is 4.90 Å². The molecule has 1 saturated heterocycles. The highest BCUT2D eigenvalue weighted by Crippen LogP contribution is 2.15. The molecule has 0 saturated carbocycles. The third-order valence-electron chi connectivity index (χ3n) is 3.33. The minimum absolute atomic E-state index is 0.110. The van der Waals surface area contributed by atoms with E-state index in [0.29, 0.717) is 5.56 Å². The lowest BCUT2D eigenvalue weighted by molar-refractivity contribution is 0.0572. The summed E-state index contributed by atoms with van der Waals surface area (Å²) in [7, 11) is -3.47. The van der Waals surface area contributed by atoms with E-state index in [4.69, 9.17) is 5.26 Å². The summed E-state index contributed by atoms with van der Waals surface area (Å²) in [5, 5.41) is 27.6. The zero-order chi connectivity index (χ0) is 14.8. The fourth-order valence-corrected chi connectivity index (χ4v) is 3.48. The van der Waals surface area contributed by atoms with E-state index in [2.05, 4.69) is 0 Å². The zero-order valence-corrected chi connectivity index (χ0v) is 11.6. The summed E-state index contributed by atoms with van der Waals surface area (Å²) >= 11 is 0. The molecule has 1 aliphatic heterocycles. The number of hydrogen-bond acceptors (Lipinski definition) is 6. The lowest BCUT2D eigenvalue weighted by Crippen LogP contribution is -2.28. The van der Waals surface area contributed by atoms with Gasteiger partial charge >= 0.3 is 0 Å². The van der Waals surface area contributed by atoms with Gasteiger partial charge in [-0.1, -0.05) is 6.07 Å². The Morgan fingerprint density at radius 3 is 2.55 bits per heavy atom. The zero-order valence-electron chi connectivity index (χ0n) is 10.8. The summed E-state index contributed by atoms with van der Waals surface area (Å²) in [5.74, 6) is -0.110. The molecular formula is C13H16N2O4S. The maximum atomic E-state index is 12.2. The van der Waals surface area contributed by atoms with Gasteiger partial charge in [0.05, 0.1) is 34.5 Å². The second-order valence-electron chi connectivity index (χ2n) is 4.85. The van der Waals surface area contributed by atoms with Crippen molar-refractivity contribution in [2.24, 2.45) is 0 Å². The number of likely N-dealkylation sites (tertiary alicyclic amines) is 1. The van der Waals surface area contributed by atoms with Gasteiger partial charge in [-0.3, -0.25) is 4.90 Å². The lowest BCUT2D eigenvalue weighted by Gasteiger charge is -2.14. The Kier molecular flexibility index (Phi) is 4.40. The average molecular weight is 296 g/mol. The fourth-order valence-electron chi connectivity index (χ4n) is 2.16. The first-order valence-electron chi connectivity index (χ1n) is 6.24. The molecule has 1 aliphatic rings. The SMILES string of the molecule is N#Cc1cccc(S(=O)(=O)CCN2C[C@@H](O)[C@@H](O)C2)c1. The molecule has 1 heterocycles. The average Bonchev–Trinajstić information content (AvgIpc) is 2.76. The Morgan fingerprint density at radius 2 is 1.95 bits per heavy atom. The summed E-state index contributed by atoms with van der Waals surface area (Å²) < 4.78 is 24.3. The van der Waals surface area contributed by atoms with E-state index in [9.17, 15) is 18.6 Å². The molecule has 108 valence electrons. The number of benzene rings is 1. The second kappa shape index (κ2) is 5.89. The molecule has 1 fully saturated rings. The van der Waals surface area contributed by atoms with Gasteiger partial charge < -0.3 is 10.2 Å². The predicted molar refractivity (Wildman–Crippen MR) is 71.7 cm³/mol. The van der Waals surface area contributed by atoms with Crippen molar-refractivity contribution in [3.63, 3.8) is 0 Å². The highest BCUT2D eigenvalue weighted by atomic mass is 32.2. The number of aliphatic hydroxyl groups is 2. The number of nitriles is 1.